The minimum atomic E-state index is -0.339. The molecule has 0 spiro atoms. The average molecular weight is 283 g/mol. The molecular weight excluding hydrogens is 267 g/mol. The summed E-state index contributed by atoms with van der Waals surface area (Å²) in [7, 11) is 1.88. The molecule has 0 fully saturated rings. The first-order valence-electron chi connectivity index (χ1n) is 5.99. The van der Waals surface area contributed by atoms with Crippen LogP contribution in [-0.4, -0.2) is 18.5 Å². The molecule has 0 saturated carbocycles. The smallest absolute Gasteiger partial charge is 0.129 e. The number of nitrogens with zero attached hydrogens (tertiary/aromatic N) is 1. The molecule has 0 aliphatic rings. The Hall–Kier alpha value is -1.36. The van der Waals surface area contributed by atoms with Gasteiger partial charge in [0.15, 0.2) is 0 Å². The van der Waals surface area contributed by atoms with Crippen LogP contribution < -0.4 is 5.73 Å². The van der Waals surface area contributed by atoms with Crippen LogP contribution in [0.2, 0.25) is 5.02 Å². The molecule has 19 heavy (non-hydrogen) atoms. The number of likely N-dealkylation sites (N-methyl/N-ethyl adjacent to an activating group) is 1. The van der Waals surface area contributed by atoms with Gasteiger partial charge in [0.2, 0.25) is 0 Å². The van der Waals surface area contributed by atoms with Gasteiger partial charge in [0.05, 0.1) is 18.8 Å². The lowest BCUT2D eigenvalue weighted by atomic mass is 10.0. The van der Waals surface area contributed by atoms with Gasteiger partial charge in [-0.25, -0.2) is 4.39 Å². The highest BCUT2D eigenvalue weighted by Crippen LogP contribution is 2.25. The van der Waals surface area contributed by atoms with E-state index in [-0.39, 0.29) is 11.9 Å². The maximum Gasteiger partial charge on any atom is 0.129 e. The van der Waals surface area contributed by atoms with Crippen LogP contribution in [0.5, 0.6) is 0 Å². The summed E-state index contributed by atoms with van der Waals surface area (Å²) in [4.78, 5) is 1.95. The number of halogens is 2. The highest BCUT2D eigenvalue weighted by molar-refractivity contribution is 6.30. The van der Waals surface area contributed by atoms with E-state index in [9.17, 15) is 4.39 Å². The molecule has 0 amide bonds. The molecule has 0 radical (unpaired) electrons. The monoisotopic (exact) mass is 282 g/mol. The van der Waals surface area contributed by atoms with E-state index in [4.69, 9.17) is 21.8 Å². The van der Waals surface area contributed by atoms with Crippen molar-refractivity contribution < 1.29 is 8.81 Å². The molecule has 1 atom stereocenters. The number of hydrogen-bond donors (Lipinski definition) is 1. The zero-order valence-electron chi connectivity index (χ0n) is 10.6. The third kappa shape index (κ3) is 3.35. The molecule has 3 nitrogen and oxygen atoms in total. The van der Waals surface area contributed by atoms with E-state index in [1.54, 1.807) is 18.4 Å². The summed E-state index contributed by atoms with van der Waals surface area (Å²) in [5.41, 5.74) is 6.31. The Balaban J connectivity index is 2.18. The first-order valence-corrected chi connectivity index (χ1v) is 6.37. The molecule has 2 aromatic rings. The average Bonchev–Trinajstić information content (AvgIpc) is 2.85. The quantitative estimate of drug-likeness (QED) is 0.916. The lowest BCUT2D eigenvalue weighted by molar-refractivity contribution is 0.218. The van der Waals surface area contributed by atoms with Gasteiger partial charge in [-0.05, 0) is 31.3 Å². The zero-order valence-corrected chi connectivity index (χ0v) is 11.4. The van der Waals surface area contributed by atoms with Gasteiger partial charge in [-0.15, -0.1) is 0 Å². The van der Waals surface area contributed by atoms with Crippen molar-refractivity contribution >= 4 is 11.6 Å². The maximum atomic E-state index is 13.9. The Kier molecular flexibility index (Phi) is 4.58. The van der Waals surface area contributed by atoms with Crippen molar-refractivity contribution in [1.29, 1.82) is 0 Å². The summed E-state index contributed by atoms with van der Waals surface area (Å²) in [6.45, 7) is 0.882. The van der Waals surface area contributed by atoms with E-state index in [0.29, 0.717) is 23.7 Å². The third-order valence-corrected chi connectivity index (χ3v) is 3.30. The zero-order chi connectivity index (χ0) is 13.8. The van der Waals surface area contributed by atoms with Crippen LogP contribution in [0.4, 0.5) is 4.39 Å². The lowest BCUT2D eigenvalue weighted by Gasteiger charge is -2.26. The van der Waals surface area contributed by atoms with Gasteiger partial charge < -0.3 is 10.2 Å². The second kappa shape index (κ2) is 6.19. The van der Waals surface area contributed by atoms with E-state index in [2.05, 4.69) is 0 Å². The molecule has 0 aliphatic heterocycles. The van der Waals surface area contributed by atoms with Crippen molar-refractivity contribution in [2.75, 3.05) is 13.6 Å². The van der Waals surface area contributed by atoms with Crippen molar-refractivity contribution in [3.8, 4) is 0 Å². The predicted octanol–water partition coefficient (Wildman–Crippen LogP) is 3.20. The van der Waals surface area contributed by atoms with Crippen molar-refractivity contribution in [1.82, 2.24) is 4.90 Å². The van der Waals surface area contributed by atoms with Crippen molar-refractivity contribution in [2.45, 2.75) is 12.6 Å². The Bertz CT molecular complexity index is 530. The second-order valence-corrected chi connectivity index (χ2v) is 4.85. The number of furan rings is 1. The van der Waals surface area contributed by atoms with Gasteiger partial charge in [0.25, 0.3) is 0 Å². The standard InChI is InChI=1S/C14H16ClFN2O/c1-18(9-11-3-2-6-19-11)14(8-17)12-5-4-10(15)7-13(12)16/h2-7,14H,8-9,17H2,1H3. The number of hydrogen-bond acceptors (Lipinski definition) is 3. The van der Waals surface area contributed by atoms with Crippen LogP contribution in [0, 0.1) is 5.82 Å². The SMILES string of the molecule is CN(Cc1ccco1)C(CN)c1ccc(Cl)cc1F. The Morgan fingerprint density at radius 3 is 2.79 bits per heavy atom. The molecule has 102 valence electrons. The fraction of sp³-hybridized carbons (Fsp3) is 0.286. The molecule has 1 unspecified atom stereocenters. The molecule has 5 heteroatoms. The summed E-state index contributed by atoms with van der Waals surface area (Å²) in [5.74, 6) is 0.476. The van der Waals surface area contributed by atoms with Gasteiger partial charge >= 0.3 is 0 Å². The summed E-state index contributed by atoms with van der Waals surface area (Å²) >= 11 is 5.76. The molecule has 0 aliphatic carbocycles. The highest BCUT2D eigenvalue weighted by atomic mass is 35.5. The van der Waals surface area contributed by atoms with Crippen LogP contribution in [-0.2, 0) is 6.54 Å². The fourth-order valence-corrected chi connectivity index (χ4v) is 2.23. The van der Waals surface area contributed by atoms with Gasteiger partial charge in [0, 0.05) is 17.1 Å². The van der Waals surface area contributed by atoms with E-state index in [1.807, 2.05) is 24.1 Å². The number of benzene rings is 1. The highest BCUT2D eigenvalue weighted by Gasteiger charge is 2.20. The normalized spacial score (nSPS) is 12.9. The minimum absolute atomic E-state index is 0.220. The molecule has 0 bridgehead atoms. The van der Waals surface area contributed by atoms with Gasteiger partial charge in [-0.2, -0.15) is 0 Å². The lowest BCUT2D eigenvalue weighted by Crippen LogP contribution is -2.30. The van der Waals surface area contributed by atoms with Crippen LogP contribution in [0.15, 0.2) is 41.0 Å². The van der Waals surface area contributed by atoms with Gasteiger partial charge in [-0.3, -0.25) is 4.90 Å². The van der Waals surface area contributed by atoms with Crippen molar-refractivity contribution in [3.63, 3.8) is 0 Å². The molecular formula is C14H16ClFN2O. The van der Waals surface area contributed by atoms with E-state index >= 15 is 0 Å². The first-order chi connectivity index (χ1) is 9.11. The Morgan fingerprint density at radius 2 is 2.21 bits per heavy atom. The maximum absolute atomic E-state index is 13.9. The Labute approximate surface area is 116 Å². The molecule has 2 N–H and O–H groups in total. The molecule has 2 rings (SSSR count). The van der Waals surface area contributed by atoms with E-state index in [0.717, 1.165) is 5.76 Å². The van der Waals surface area contributed by atoms with E-state index in [1.165, 1.54) is 6.07 Å². The van der Waals surface area contributed by atoms with E-state index < -0.39 is 0 Å². The minimum Gasteiger partial charge on any atom is -0.468 e. The third-order valence-electron chi connectivity index (χ3n) is 3.06. The fourth-order valence-electron chi connectivity index (χ4n) is 2.07. The molecule has 1 heterocycles. The van der Waals surface area contributed by atoms with Crippen LogP contribution >= 0.6 is 11.6 Å². The molecule has 0 saturated heterocycles. The summed E-state index contributed by atoms with van der Waals surface area (Å²) in [6.07, 6.45) is 1.61. The molecule has 1 aromatic heterocycles. The van der Waals surface area contributed by atoms with Crippen molar-refractivity contribution in [2.24, 2.45) is 5.73 Å². The molecule has 1 aromatic carbocycles. The van der Waals surface area contributed by atoms with Crippen LogP contribution in [0.3, 0.4) is 0 Å². The van der Waals surface area contributed by atoms with Gasteiger partial charge in [0.1, 0.15) is 11.6 Å². The topological polar surface area (TPSA) is 42.4 Å². The van der Waals surface area contributed by atoms with Crippen LogP contribution in [0.25, 0.3) is 0 Å². The number of rotatable bonds is 5. The second-order valence-electron chi connectivity index (χ2n) is 4.41. The predicted molar refractivity (Wildman–Crippen MR) is 73.4 cm³/mol. The van der Waals surface area contributed by atoms with Crippen molar-refractivity contribution in [3.05, 3.63) is 58.8 Å². The summed E-state index contributed by atoms with van der Waals surface area (Å²) in [5, 5.41) is 0.380. The van der Waals surface area contributed by atoms with Crippen LogP contribution in [0.1, 0.15) is 17.4 Å². The Morgan fingerprint density at radius 1 is 1.42 bits per heavy atom. The number of nitrogens with two attached hydrogens (primary N) is 1. The summed E-state index contributed by atoms with van der Waals surface area (Å²) < 4.78 is 19.2. The van der Waals surface area contributed by atoms with Gasteiger partial charge in [-0.1, -0.05) is 17.7 Å². The largest absolute Gasteiger partial charge is 0.468 e. The first kappa shape index (κ1) is 14.1. The summed E-state index contributed by atoms with van der Waals surface area (Å²) in [6, 6.07) is 8.13.